The highest BCUT2D eigenvalue weighted by Crippen LogP contribution is 2.39. The molecular weight excluding hydrogens is 603 g/mol. The molecule has 0 amide bonds. The molecule has 9 aromatic carbocycles. The third-order valence-corrected chi connectivity index (χ3v) is 10.5. The standard InChI is InChI=1S/C49H33N/c1-2-10-37-28-42-29-41(26-25-38(42)27-36(37)9-1)49(35-23-19-33(20-24-35)48-31-40-12-4-8-16-47(40)50-48)34-21-17-32(18-22-34)46-30-39-11-3-5-13-43(39)44-14-6-7-15-45(44)46/h1-31,48-49H. The predicted octanol–water partition coefficient (Wildman–Crippen LogP) is 11.3. The molecule has 1 aliphatic heterocycles. The van der Waals surface area contributed by atoms with Crippen LogP contribution in [0, 0.1) is 0 Å². The van der Waals surface area contributed by atoms with Crippen molar-refractivity contribution in [3.8, 4) is 11.1 Å². The predicted molar refractivity (Wildman–Crippen MR) is 210 cm³/mol. The second-order valence-corrected chi connectivity index (χ2v) is 13.5. The minimum absolute atomic E-state index is 0.0462. The highest BCUT2D eigenvalue weighted by Gasteiger charge is 2.20. The van der Waals surface area contributed by atoms with Gasteiger partial charge in [-0.05, 0) is 112 Å². The summed E-state index contributed by atoms with van der Waals surface area (Å²) in [6, 6.07) is 67.0. The van der Waals surface area contributed by atoms with Crippen LogP contribution in [0.1, 0.15) is 34.2 Å². The first-order valence-electron chi connectivity index (χ1n) is 17.4. The molecule has 0 spiro atoms. The van der Waals surface area contributed by atoms with Crippen molar-refractivity contribution in [3.63, 3.8) is 0 Å². The number of para-hydroxylation sites is 1. The van der Waals surface area contributed by atoms with Gasteiger partial charge >= 0.3 is 0 Å². The van der Waals surface area contributed by atoms with E-state index in [1.165, 1.54) is 81.7 Å². The average Bonchev–Trinajstić information content (AvgIpc) is 3.62. The van der Waals surface area contributed by atoms with Gasteiger partial charge in [-0.2, -0.15) is 0 Å². The SMILES string of the molecule is C1=c2ccccc2=NC1c1ccc(C(c2ccc(-c3cc4ccccc4c4ccccc34)cc2)c2ccc3cc4ccccc4cc3c2)cc1. The van der Waals surface area contributed by atoms with Gasteiger partial charge in [0.05, 0.1) is 11.4 Å². The van der Waals surface area contributed by atoms with E-state index in [9.17, 15) is 0 Å². The van der Waals surface area contributed by atoms with Crippen LogP contribution in [0.3, 0.4) is 0 Å². The monoisotopic (exact) mass is 635 g/mol. The summed E-state index contributed by atoms with van der Waals surface area (Å²) in [7, 11) is 0. The van der Waals surface area contributed by atoms with Crippen molar-refractivity contribution in [1.29, 1.82) is 0 Å². The first-order chi connectivity index (χ1) is 24.7. The van der Waals surface area contributed by atoms with E-state index in [2.05, 4.69) is 188 Å². The van der Waals surface area contributed by atoms with Crippen LogP contribution >= 0.6 is 0 Å². The molecule has 0 aromatic heterocycles. The molecule has 0 saturated carbocycles. The molecule has 0 bridgehead atoms. The van der Waals surface area contributed by atoms with Crippen LogP contribution in [-0.4, -0.2) is 0 Å². The smallest absolute Gasteiger partial charge is 0.0947 e. The molecule has 9 aromatic rings. The molecule has 2 atom stereocenters. The topological polar surface area (TPSA) is 12.4 Å². The average molecular weight is 636 g/mol. The van der Waals surface area contributed by atoms with Crippen molar-refractivity contribution in [3.05, 3.63) is 215 Å². The fourth-order valence-electron chi connectivity index (χ4n) is 8.02. The maximum Gasteiger partial charge on any atom is 0.0947 e. The van der Waals surface area contributed by atoms with E-state index < -0.39 is 0 Å². The van der Waals surface area contributed by atoms with Crippen LogP contribution < -0.4 is 10.6 Å². The maximum atomic E-state index is 5.00. The Kier molecular flexibility index (Phi) is 6.70. The minimum Gasteiger partial charge on any atom is -0.272 e. The molecular formula is C49H33N. The quantitative estimate of drug-likeness (QED) is 0.101. The number of fused-ring (bicyclic) bond motifs is 6. The fraction of sp³-hybridized carbons (Fsp3) is 0.0408. The molecule has 1 aliphatic rings. The third kappa shape index (κ3) is 4.90. The summed E-state index contributed by atoms with van der Waals surface area (Å²) in [5.41, 5.74) is 7.54. The Bertz CT molecular complexity index is 2830. The van der Waals surface area contributed by atoms with E-state index in [4.69, 9.17) is 4.99 Å². The maximum absolute atomic E-state index is 5.00. The van der Waals surface area contributed by atoms with Gasteiger partial charge in [-0.3, -0.25) is 4.99 Å². The van der Waals surface area contributed by atoms with Crippen molar-refractivity contribution in [2.75, 3.05) is 0 Å². The number of hydrogen-bond donors (Lipinski definition) is 0. The van der Waals surface area contributed by atoms with Crippen LogP contribution in [0.25, 0.3) is 60.3 Å². The highest BCUT2D eigenvalue weighted by molar-refractivity contribution is 6.13. The molecule has 0 aliphatic carbocycles. The molecule has 50 heavy (non-hydrogen) atoms. The van der Waals surface area contributed by atoms with Crippen LogP contribution in [-0.2, 0) is 0 Å². The Morgan fingerprint density at radius 2 is 0.980 bits per heavy atom. The van der Waals surface area contributed by atoms with Gasteiger partial charge in [-0.1, -0.05) is 158 Å². The van der Waals surface area contributed by atoms with Crippen molar-refractivity contribution >= 4 is 49.2 Å². The third-order valence-electron chi connectivity index (χ3n) is 10.5. The fourth-order valence-corrected chi connectivity index (χ4v) is 8.02. The van der Waals surface area contributed by atoms with Gasteiger partial charge in [0, 0.05) is 5.92 Å². The summed E-state index contributed by atoms with van der Waals surface area (Å²) < 4.78 is 0. The summed E-state index contributed by atoms with van der Waals surface area (Å²) in [5, 5.41) is 12.5. The highest BCUT2D eigenvalue weighted by atomic mass is 14.8. The number of benzene rings is 9. The lowest BCUT2D eigenvalue weighted by Crippen LogP contribution is -2.19. The summed E-state index contributed by atoms with van der Waals surface area (Å²) in [4.78, 5) is 5.00. The van der Waals surface area contributed by atoms with Crippen LogP contribution in [0.4, 0.5) is 0 Å². The van der Waals surface area contributed by atoms with Gasteiger partial charge in [0.2, 0.25) is 0 Å². The first kappa shape index (κ1) is 28.7. The Morgan fingerprint density at radius 3 is 1.74 bits per heavy atom. The largest absolute Gasteiger partial charge is 0.272 e. The summed E-state index contributed by atoms with van der Waals surface area (Å²) in [6.07, 6.45) is 2.27. The number of rotatable bonds is 5. The van der Waals surface area contributed by atoms with Crippen LogP contribution in [0.2, 0.25) is 0 Å². The van der Waals surface area contributed by atoms with Crippen LogP contribution in [0.5, 0.6) is 0 Å². The lowest BCUT2D eigenvalue weighted by molar-refractivity contribution is 0.930. The van der Waals surface area contributed by atoms with E-state index in [1.54, 1.807) is 0 Å². The van der Waals surface area contributed by atoms with Gasteiger partial charge in [-0.15, -0.1) is 0 Å². The first-order valence-corrected chi connectivity index (χ1v) is 17.4. The van der Waals surface area contributed by atoms with E-state index in [0.29, 0.717) is 0 Å². The Morgan fingerprint density at radius 1 is 0.400 bits per heavy atom. The number of hydrogen-bond acceptors (Lipinski definition) is 1. The van der Waals surface area contributed by atoms with E-state index in [-0.39, 0.29) is 12.0 Å². The normalized spacial score (nSPS) is 14.4. The Balaban J connectivity index is 1.09. The zero-order valence-corrected chi connectivity index (χ0v) is 27.5. The summed E-state index contributed by atoms with van der Waals surface area (Å²) in [5.74, 6) is 0.0732. The van der Waals surface area contributed by atoms with Crippen LogP contribution in [0.15, 0.2) is 187 Å². The van der Waals surface area contributed by atoms with Crippen molar-refractivity contribution in [2.24, 2.45) is 4.99 Å². The molecule has 0 saturated heterocycles. The molecule has 2 unspecified atom stereocenters. The zero-order chi connectivity index (χ0) is 33.0. The minimum atomic E-state index is 0.0462. The molecule has 0 N–H and O–H groups in total. The van der Waals surface area contributed by atoms with Crippen molar-refractivity contribution < 1.29 is 0 Å². The molecule has 1 heterocycles. The molecule has 10 rings (SSSR count). The second kappa shape index (κ2) is 11.7. The van der Waals surface area contributed by atoms with Gasteiger partial charge in [0.15, 0.2) is 0 Å². The summed E-state index contributed by atoms with van der Waals surface area (Å²) in [6.45, 7) is 0. The lowest BCUT2D eigenvalue weighted by atomic mass is 9.83. The van der Waals surface area contributed by atoms with Gasteiger partial charge in [0.1, 0.15) is 0 Å². The van der Waals surface area contributed by atoms with Gasteiger partial charge in [0.25, 0.3) is 0 Å². The Labute approximate surface area is 291 Å². The van der Waals surface area contributed by atoms with Gasteiger partial charge < -0.3 is 0 Å². The Hall–Kier alpha value is -6.31. The molecule has 234 valence electrons. The van der Waals surface area contributed by atoms with Gasteiger partial charge in [-0.25, -0.2) is 0 Å². The molecule has 0 radical (unpaired) electrons. The van der Waals surface area contributed by atoms with Crippen molar-refractivity contribution in [1.82, 2.24) is 0 Å². The van der Waals surface area contributed by atoms with Crippen molar-refractivity contribution in [2.45, 2.75) is 12.0 Å². The second-order valence-electron chi connectivity index (χ2n) is 13.5. The van der Waals surface area contributed by atoms with E-state index >= 15 is 0 Å². The molecule has 0 fully saturated rings. The lowest BCUT2D eigenvalue weighted by Gasteiger charge is -2.21. The molecule has 1 heteroatoms. The van der Waals surface area contributed by atoms with E-state index in [1.807, 2.05) is 0 Å². The van der Waals surface area contributed by atoms with E-state index in [0.717, 1.165) is 5.36 Å². The summed E-state index contributed by atoms with van der Waals surface area (Å²) >= 11 is 0. The zero-order valence-electron chi connectivity index (χ0n) is 27.5. The molecule has 1 nitrogen and oxygen atoms in total. The number of nitrogens with zero attached hydrogens (tertiary/aromatic N) is 1.